The second-order valence-electron chi connectivity index (χ2n) is 4.38. The van der Waals surface area contributed by atoms with E-state index in [0.717, 1.165) is 13.1 Å². The fourth-order valence-corrected chi connectivity index (χ4v) is 3.26. The number of hydrogen-bond acceptors (Lipinski definition) is 4. The maximum absolute atomic E-state index is 11.8. The third kappa shape index (κ3) is 3.64. The molecular formula is C11H20N2O2S. The van der Waals surface area contributed by atoms with Gasteiger partial charge in [-0.15, -0.1) is 0 Å². The number of hydrogen-bond donors (Lipinski definition) is 2. The Morgan fingerprint density at radius 1 is 1.44 bits per heavy atom. The second-order valence-corrected chi connectivity index (χ2v) is 5.61. The lowest BCUT2D eigenvalue weighted by molar-refractivity contribution is -0.126. The van der Waals surface area contributed by atoms with Crippen molar-refractivity contribution in [2.24, 2.45) is 5.92 Å². The van der Waals surface area contributed by atoms with Gasteiger partial charge >= 0.3 is 0 Å². The van der Waals surface area contributed by atoms with Gasteiger partial charge in [-0.2, -0.15) is 11.8 Å². The molecule has 2 saturated heterocycles. The zero-order chi connectivity index (χ0) is 11.2. The lowest BCUT2D eigenvalue weighted by Crippen LogP contribution is -2.52. The first-order valence-corrected chi connectivity index (χ1v) is 7.18. The normalized spacial score (nSPS) is 27.6. The van der Waals surface area contributed by atoms with Crippen molar-refractivity contribution in [1.82, 2.24) is 10.6 Å². The topological polar surface area (TPSA) is 50.4 Å². The summed E-state index contributed by atoms with van der Waals surface area (Å²) in [6, 6.07) is -0.147. The molecule has 2 aliphatic rings. The van der Waals surface area contributed by atoms with Crippen molar-refractivity contribution in [3.8, 4) is 0 Å². The quantitative estimate of drug-likeness (QED) is 0.746. The number of amides is 1. The van der Waals surface area contributed by atoms with Crippen LogP contribution in [0.25, 0.3) is 0 Å². The van der Waals surface area contributed by atoms with Gasteiger partial charge in [0.25, 0.3) is 0 Å². The van der Waals surface area contributed by atoms with Gasteiger partial charge in [0.1, 0.15) is 6.04 Å². The van der Waals surface area contributed by atoms with Crippen LogP contribution in [-0.4, -0.2) is 49.8 Å². The molecule has 2 N–H and O–H groups in total. The first-order chi connectivity index (χ1) is 7.86. The van der Waals surface area contributed by atoms with E-state index in [0.29, 0.717) is 19.1 Å². The Balaban J connectivity index is 1.65. The third-order valence-corrected chi connectivity index (χ3v) is 4.19. The average molecular weight is 244 g/mol. The fraction of sp³-hybridized carbons (Fsp3) is 0.909. The number of ether oxygens (including phenoxy) is 1. The standard InChI is InChI=1S/C11H20N2O2S/c14-11(10-8-15-4-3-12-10)13-7-9-1-5-16-6-2-9/h9-10,12H,1-8H2,(H,13,14). The Kier molecular flexibility index (Phi) is 4.93. The molecule has 0 aromatic rings. The summed E-state index contributed by atoms with van der Waals surface area (Å²) in [5, 5.41) is 6.20. The molecule has 1 atom stereocenters. The lowest BCUT2D eigenvalue weighted by Gasteiger charge is -2.25. The Morgan fingerprint density at radius 3 is 2.94 bits per heavy atom. The van der Waals surface area contributed by atoms with Gasteiger partial charge in [-0.25, -0.2) is 0 Å². The SMILES string of the molecule is O=C(NCC1CCSCC1)C1COCCN1. The van der Waals surface area contributed by atoms with Gasteiger partial charge in [0.05, 0.1) is 13.2 Å². The van der Waals surface area contributed by atoms with Crippen molar-refractivity contribution in [1.29, 1.82) is 0 Å². The van der Waals surface area contributed by atoms with Gasteiger partial charge in [0, 0.05) is 13.1 Å². The number of carbonyl (C=O) groups excluding carboxylic acids is 1. The van der Waals surface area contributed by atoms with Crippen LogP contribution in [0.3, 0.4) is 0 Å². The van der Waals surface area contributed by atoms with Crippen LogP contribution in [0.1, 0.15) is 12.8 Å². The molecule has 92 valence electrons. The van der Waals surface area contributed by atoms with E-state index in [4.69, 9.17) is 4.74 Å². The van der Waals surface area contributed by atoms with E-state index in [9.17, 15) is 4.79 Å². The number of nitrogens with one attached hydrogen (secondary N) is 2. The Labute approximate surface area is 101 Å². The van der Waals surface area contributed by atoms with Gasteiger partial charge in [-0.3, -0.25) is 4.79 Å². The summed E-state index contributed by atoms with van der Waals surface area (Å²) >= 11 is 2.02. The summed E-state index contributed by atoms with van der Waals surface area (Å²) in [5.41, 5.74) is 0. The monoisotopic (exact) mass is 244 g/mol. The molecule has 2 fully saturated rings. The molecule has 0 spiro atoms. The second kappa shape index (κ2) is 6.47. The van der Waals surface area contributed by atoms with Crippen LogP contribution in [0.2, 0.25) is 0 Å². The first-order valence-electron chi connectivity index (χ1n) is 6.03. The van der Waals surface area contributed by atoms with Crippen LogP contribution in [0.5, 0.6) is 0 Å². The molecule has 0 aromatic heterocycles. The van der Waals surface area contributed by atoms with Crippen molar-refractivity contribution in [2.45, 2.75) is 18.9 Å². The fourth-order valence-electron chi connectivity index (χ4n) is 2.05. The highest BCUT2D eigenvalue weighted by molar-refractivity contribution is 7.99. The zero-order valence-electron chi connectivity index (χ0n) is 9.54. The maximum atomic E-state index is 11.8. The van der Waals surface area contributed by atoms with E-state index in [-0.39, 0.29) is 11.9 Å². The van der Waals surface area contributed by atoms with Gasteiger partial charge in [0.15, 0.2) is 0 Å². The first kappa shape index (κ1) is 12.2. The molecule has 1 amide bonds. The average Bonchev–Trinajstić information content (AvgIpc) is 2.38. The third-order valence-electron chi connectivity index (χ3n) is 3.14. The predicted molar refractivity (Wildman–Crippen MR) is 65.7 cm³/mol. The molecule has 5 heteroatoms. The Bertz CT molecular complexity index is 226. The lowest BCUT2D eigenvalue weighted by atomic mass is 10.0. The van der Waals surface area contributed by atoms with Gasteiger partial charge in [-0.05, 0) is 30.3 Å². The Morgan fingerprint density at radius 2 is 2.25 bits per heavy atom. The molecule has 1 unspecified atom stereocenters. The Hall–Kier alpha value is -0.260. The predicted octanol–water partition coefficient (Wildman–Crippen LogP) is 0.234. The number of thioether (sulfide) groups is 1. The van der Waals surface area contributed by atoms with Crippen LogP contribution in [0.15, 0.2) is 0 Å². The summed E-state index contributed by atoms with van der Waals surface area (Å²) in [5.74, 6) is 3.25. The van der Waals surface area contributed by atoms with Gasteiger partial charge < -0.3 is 15.4 Å². The smallest absolute Gasteiger partial charge is 0.239 e. The largest absolute Gasteiger partial charge is 0.378 e. The number of carbonyl (C=O) groups is 1. The molecule has 0 aromatic carbocycles. The van der Waals surface area contributed by atoms with Crippen LogP contribution < -0.4 is 10.6 Å². The number of morpholine rings is 1. The van der Waals surface area contributed by atoms with E-state index in [1.54, 1.807) is 0 Å². The van der Waals surface area contributed by atoms with E-state index in [1.165, 1.54) is 24.3 Å². The van der Waals surface area contributed by atoms with E-state index < -0.39 is 0 Å². The summed E-state index contributed by atoms with van der Waals surface area (Å²) in [6.07, 6.45) is 2.47. The van der Waals surface area contributed by atoms with Crippen LogP contribution in [-0.2, 0) is 9.53 Å². The molecule has 0 bridgehead atoms. The summed E-state index contributed by atoms with van der Waals surface area (Å²) in [4.78, 5) is 11.8. The summed E-state index contributed by atoms with van der Waals surface area (Å²) < 4.78 is 5.27. The minimum atomic E-state index is -0.147. The molecule has 0 aliphatic carbocycles. The minimum Gasteiger partial charge on any atom is -0.378 e. The van der Waals surface area contributed by atoms with Gasteiger partial charge in [0.2, 0.25) is 5.91 Å². The molecular weight excluding hydrogens is 224 g/mol. The highest BCUT2D eigenvalue weighted by Gasteiger charge is 2.22. The van der Waals surface area contributed by atoms with Crippen LogP contribution >= 0.6 is 11.8 Å². The number of rotatable bonds is 3. The maximum Gasteiger partial charge on any atom is 0.239 e. The summed E-state index contributed by atoms with van der Waals surface area (Å²) in [7, 11) is 0. The molecule has 0 saturated carbocycles. The van der Waals surface area contributed by atoms with Crippen LogP contribution in [0.4, 0.5) is 0 Å². The van der Waals surface area contributed by atoms with Crippen molar-refractivity contribution >= 4 is 17.7 Å². The molecule has 16 heavy (non-hydrogen) atoms. The minimum absolute atomic E-state index is 0.0953. The molecule has 2 aliphatic heterocycles. The molecule has 2 rings (SSSR count). The van der Waals surface area contributed by atoms with Crippen LogP contribution in [0, 0.1) is 5.92 Å². The van der Waals surface area contributed by atoms with Crippen molar-refractivity contribution in [3.05, 3.63) is 0 Å². The molecule has 4 nitrogen and oxygen atoms in total. The molecule has 0 radical (unpaired) electrons. The van der Waals surface area contributed by atoms with E-state index in [1.807, 2.05) is 11.8 Å². The summed E-state index contributed by atoms with van der Waals surface area (Å²) in [6.45, 7) is 2.83. The molecule has 2 heterocycles. The highest BCUT2D eigenvalue weighted by Crippen LogP contribution is 2.21. The zero-order valence-corrected chi connectivity index (χ0v) is 10.4. The van der Waals surface area contributed by atoms with Gasteiger partial charge in [-0.1, -0.05) is 0 Å². The van der Waals surface area contributed by atoms with E-state index >= 15 is 0 Å². The van der Waals surface area contributed by atoms with E-state index in [2.05, 4.69) is 10.6 Å². The van der Waals surface area contributed by atoms with Crippen molar-refractivity contribution in [3.63, 3.8) is 0 Å². The van der Waals surface area contributed by atoms with Crippen molar-refractivity contribution < 1.29 is 9.53 Å². The van der Waals surface area contributed by atoms with Crippen molar-refractivity contribution in [2.75, 3.05) is 37.8 Å². The highest BCUT2D eigenvalue weighted by atomic mass is 32.2.